The Morgan fingerprint density at radius 1 is 1.29 bits per heavy atom. The van der Waals surface area contributed by atoms with Crippen molar-refractivity contribution in [3.8, 4) is 0 Å². The topological polar surface area (TPSA) is 76.9 Å². The summed E-state index contributed by atoms with van der Waals surface area (Å²) in [5, 5.41) is 10.5. The molecular formula is C17H18N4O2S. The lowest BCUT2D eigenvalue weighted by Gasteiger charge is -2.10. The Hall–Kier alpha value is -2.54. The summed E-state index contributed by atoms with van der Waals surface area (Å²) in [6, 6.07) is 7.06. The zero-order valence-electron chi connectivity index (χ0n) is 13.6. The van der Waals surface area contributed by atoms with Crippen LogP contribution in [0.5, 0.6) is 0 Å². The van der Waals surface area contributed by atoms with Gasteiger partial charge >= 0.3 is 0 Å². The van der Waals surface area contributed by atoms with E-state index < -0.39 is 0 Å². The Morgan fingerprint density at radius 3 is 2.71 bits per heavy atom. The van der Waals surface area contributed by atoms with Crippen molar-refractivity contribution in [2.75, 3.05) is 5.32 Å². The van der Waals surface area contributed by atoms with Crippen LogP contribution in [0.15, 0.2) is 34.4 Å². The van der Waals surface area contributed by atoms with E-state index >= 15 is 0 Å². The first-order valence-electron chi connectivity index (χ1n) is 7.83. The quantitative estimate of drug-likeness (QED) is 0.772. The predicted octanol–water partition coefficient (Wildman–Crippen LogP) is 3.21. The molecule has 0 spiro atoms. The third-order valence-corrected chi connectivity index (χ3v) is 4.52. The molecule has 0 radical (unpaired) electrons. The van der Waals surface area contributed by atoms with Crippen molar-refractivity contribution in [1.29, 1.82) is 0 Å². The molecule has 0 saturated heterocycles. The van der Waals surface area contributed by atoms with Crippen LogP contribution in [0.3, 0.4) is 0 Å². The minimum absolute atomic E-state index is 0.166. The highest BCUT2D eigenvalue weighted by Gasteiger charge is 2.17. The van der Waals surface area contributed by atoms with Gasteiger partial charge in [-0.3, -0.25) is 14.9 Å². The standard InChI is InChI=1S/C17H18N4O2S/c1-3-4-9-21-16(23)13-8-6-5-7-12(13)14(20-21)15(22)19-17-18-11(2)10-24-17/h5-8,10H,3-4,9H2,1-2H3,(H,18,19,22). The second-order valence-corrected chi connectivity index (χ2v) is 6.38. The van der Waals surface area contributed by atoms with Crippen LogP contribution >= 0.6 is 11.3 Å². The molecular weight excluding hydrogens is 324 g/mol. The fourth-order valence-corrected chi connectivity index (χ4v) is 3.11. The maximum absolute atomic E-state index is 12.7. The molecule has 7 heteroatoms. The van der Waals surface area contributed by atoms with Crippen LogP contribution in [0.25, 0.3) is 10.8 Å². The van der Waals surface area contributed by atoms with Crippen molar-refractivity contribution >= 4 is 33.1 Å². The number of thiazole rings is 1. The number of unbranched alkanes of at least 4 members (excludes halogenated alkanes) is 1. The number of benzene rings is 1. The molecule has 2 heterocycles. The summed E-state index contributed by atoms with van der Waals surface area (Å²) in [4.78, 5) is 29.4. The fraction of sp³-hybridized carbons (Fsp3) is 0.294. The van der Waals surface area contributed by atoms with Crippen LogP contribution in [0.2, 0.25) is 0 Å². The average Bonchev–Trinajstić information content (AvgIpc) is 2.99. The maximum Gasteiger partial charge on any atom is 0.278 e. The van der Waals surface area contributed by atoms with Crippen molar-refractivity contribution in [3.63, 3.8) is 0 Å². The van der Waals surface area contributed by atoms with Gasteiger partial charge in [-0.15, -0.1) is 11.3 Å². The number of nitrogens with one attached hydrogen (secondary N) is 1. The summed E-state index contributed by atoms with van der Waals surface area (Å²) in [5.74, 6) is -0.356. The Balaban J connectivity index is 2.06. The van der Waals surface area contributed by atoms with E-state index in [2.05, 4.69) is 15.4 Å². The van der Waals surface area contributed by atoms with Gasteiger partial charge < -0.3 is 0 Å². The highest BCUT2D eigenvalue weighted by atomic mass is 32.1. The molecule has 0 aliphatic rings. The summed E-state index contributed by atoms with van der Waals surface area (Å²) in [5.41, 5.74) is 0.927. The van der Waals surface area contributed by atoms with Crippen molar-refractivity contribution in [3.05, 3.63) is 51.4 Å². The lowest BCUT2D eigenvalue weighted by atomic mass is 10.1. The molecule has 24 heavy (non-hydrogen) atoms. The van der Waals surface area contributed by atoms with E-state index in [0.717, 1.165) is 18.5 Å². The molecule has 0 saturated carbocycles. The Kier molecular flexibility index (Phi) is 4.71. The SMILES string of the molecule is CCCCn1nc(C(=O)Nc2nc(C)cs2)c2ccccc2c1=O. The fourth-order valence-electron chi connectivity index (χ4n) is 2.43. The highest BCUT2D eigenvalue weighted by Crippen LogP contribution is 2.18. The largest absolute Gasteiger partial charge is 0.296 e. The van der Waals surface area contributed by atoms with Gasteiger partial charge in [-0.25, -0.2) is 9.67 Å². The summed E-state index contributed by atoms with van der Waals surface area (Å²) in [7, 11) is 0. The van der Waals surface area contributed by atoms with Crippen LogP contribution in [0.4, 0.5) is 5.13 Å². The number of rotatable bonds is 5. The summed E-state index contributed by atoms with van der Waals surface area (Å²) >= 11 is 1.36. The number of aromatic nitrogens is 3. The number of amides is 1. The number of carbonyl (C=O) groups excluding carboxylic acids is 1. The Labute approximate surface area is 143 Å². The number of anilines is 1. The first kappa shape index (κ1) is 16.3. The van der Waals surface area contributed by atoms with Gasteiger partial charge in [0.1, 0.15) is 0 Å². The van der Waals surface area contributed by atoms with Gasteiger partial charge in [0.2, 0.25) is 0 Å². The number of nitrogens with zero attached hydrogens (tertiary/aromatic N) is 3. The molecule has 3 aromatic rings. The van der Waals surface area contributed by atoms with E-state index in [1.165, 1.54) is 16.0 Å². The zero-order chi connectivity index (χ0) is 17.1. The number of aryl methyl sites for hydroxylation is 2. The van der Waals surface area contributed by atoms with Crippen molar-refractivity contribution < 1.29 is 4.79 Å². The predicted molar refractivity (Wildman–Crippen MR) is 95.7 cm³/mol. The molecule has 0 unspecified atom stereocenters. The minimum Gasteiger partial charge on any atom is -0.296 e. The van der Waals surface area contributed by atoms with Crippen LogP contribution < -0.4 is 10.9 Å². The second kappa shape index (κ2) is 6.92. The molecule has 2 aromatic heterocycles. The van der Waals surface area contributed by atoms with Gasteiger partial charge in [-0.1, -0.05) is 31.5 Å². The van der Waals surface area contributed by atoms with Crippen LogP contribution in [-0.4, -0.2) is 20.7 Å². The van der Waals surface area contributed by atoms with E-state index in [0.29, 0.717) is 22.4 Å². The number of hydrogen-bond donors (Lipinski definition) is 1. The zero-order valence-corrected chi connectivity index (χ0v) is 14.4. The third-order valence-electron chi connectivity index (χ3n) is 3.65. The molecule has 0 bridgehead atoms. The third kappa shape index (κ3) is 3.21. The second-order valence-electron chi connectivity index (χ2n) is 5.52. The first-order chi connectivity index (χ1) is 11.6. The number of hydrogen-bond acceptors (Lipinski definition) is 5. The van der Waals surface area contributed by atoms with E-state index in [1.54, 1.807) is 24.3 Å². The maximum atomic E-state index is 12.7. The van der Waals surface area contributed by atoms with Gasteiger partial charge in [0.15, 0.2) is 10.8 Å². The molecule has 0 atom stereocenters. The molecule has 1 amide bonds. The summed E-state index contributed by atoms with van der Waals surface area (Å²) < 4.78 is 1.38. The van der Waals surface area contributed by atoms with Gasteiger partial charge in [0.05, 0.1) is 11.1 Å². The lowest BCUT2D eigenvalue weighted by Crippen LogP contribution is -2.27. The molecule has 1 N–H and O–H groups in total. The van der Waals surface area contributed by atoms with Crippen molar-refractivity contribution in [2.24, 2.45) is 0 Å². The average molecular weight is 342 g/mol. The number of fused-ring (bicyclic) bond motifs is 1. The van der Waals surface area contributed by atoms with Gasteiger partial charge in [0, 0.05) is 17.3 Å². The van der Waals surface area contributed by atoms with Gasteiger partial charge in [-0.2, -0.15) is 5.10 Å². The Morgan fingerprint density at radius 2 is 2.04 bits per heavy atom. The summed E-state index contributed by atoms with van der Waals surface area (Å²) in [6.45, 7) is 4.41. The smallest absolute Gasteiger partial charge is 0.278 e. The highest BCUT2D eigenvalue weighted by molar-refractivity contribution is 7.13. The van der Waals surface area contributed by atoms with E-state index in [4.69, 9.17) is 0 Å². The minimum atomic E-state index is -0.356. The molecule has 6 nitrogen and oxygen atoms in total. The van der Waals surface area contributed by atoms with E-state index in [9.17, 15) is 9.59 Å². The van der Waals surface area contributed by atoms with E-state index in [1.807, 2.05) is 19.2 Å². The molecule has 124 valence electrons. The first-order valence-corrected chi connectivity index (χ1v) is 8.71. The summed E-state index contributed by atoms with van der Waals surface area (Å²) in [6.07, 6.45) is 1.78. The van der Waals surface area contributed by atoms with Gasteiger partial charge in [-0.05, 0) is 19.4 Å². The molecule has 1 aromatic carbocycles. The van der Waals surface area contributed by atoms with Crippen molar-refractivity contribution in [1.82, 2.24) is 14.8 Å². The van der Waals surface area contributed by atoms with E-state index in [-0.39, 0.29) is 17.2 Å². The van der Waals surface area contributed by atoms with Crippen molar-refractivity contribution in [2.45, 2.75) is 33.2 Å². The molecule has 0 fully saturated rings. The molecule has 3 rings (SSSR count). The van der Waals surface area contributed by atoms with Crippen LogP contribution in [-0.2, 0) is 6.54 Å². The monoisotopic (exact) mass is 342 g/mol. The molecule has 0 aliphatic heterocycles. The van der Waals surface area contributed by atoms with Crippen LogP contribution in [0, 0.1) is 6.92 Å². The van der Waals surface area contributed by atoms with Gasteiger partial charge in [0.25, 0.3) is 11.5 Å². The molecule has 0 aliphatic carbocycles. The van der Waals surface area contributed by atoms with Crippen LogP contribution in [0.1, 0.15) is 35.9 Å². The Bertz CT molecular complexity index is 945. The lowest BCUT2D eigenvalue weighted by molar-refractivity contribution is 0.102. The number of carbonyl (C=O) groups is 1. The normalized spacial score (nSPS) is 10.9.